The molecule has 1 aromatic carbocycles. The summed E-state index contributed by atoms with van der Waals surface area (Å²) in [5.41, 5.74) is 7.39. The lowest BCUT2D eigenvalue weighted by Crippen LogP contribution is -2.40. The fourth-order valence-electron chi connectivity index (χ4n) is 2.50. The Bertz CT molecular complexity index is 352. The molecule has 0 fully saturated rings. The van der Waals surface area contributed by atoms with Gasteiger partial charge in [-0.1, -0.05) is 32.0 Å². The van der Waals surface area contributed by atoms with Crippen LogP contribution in [-0.4, -0.2) is 31.1 Å². The summed E-state index contributed by atoms with van der Waals surface area (Å²) in [5.74, 6) is 0.925. The summed E-state index contributed by atoms with van der Waals surface area (Å²) in [6.45, 7) is 8.50. The maximum atomic E-state index is 6.20. The number of nitrogens with two attached hydrogens (primary N) is 1. The lowest BCUT2D eigenvalue weighted by atomic mass is 9.98. The summed E-state index contributed by atoms with van der Waals surface area (Å²) in [6, 6.07) is 8.46. The van der Waals surface area contributed by atoms with Crippen LogP contribution in [0.4, 0.5) is 0 Å². The van der Waals surface area contributed by atoms with Gasteiger partial charge in [0.05, 0.1) is 13.2 Å². The SMILES string of the molecule is CCCN(CC)C(c1ccccc1OC)C(C)N. The van der Waals surface area contributed by atoms with Crippen molar-refractivity contribution < 1.29 is 4.74 Å². The van der Waals surface area contributed by atoms with E-state index >= 15 is 0 Å². The highest BCUT2D eigenvalue weighted by Crippen LogP contribution is 2.31. The van der Waals surface area contributed by atoms with Crippen molar-refractivity contribution in [2.24, 2.45) is 5.73 Å². The minimum absolute atomic E-state index is 0.0767. The van der Waals surface area contributed by atoms with E-state index in [-0.39, 0.29) is 12.1 Å². The second kappa shape index (κ2) is 7.39. The Balaban J connectivity index is 3.10. The van der Waals surface area contributed by atoms with E-state index in [0.29, 0.717) is 0 Å². The van der Waals surface area contributed by atoms with Crippen molar-refractivity contribution in [3.05, 3.63) is 29.8 Å². The number of para-hydroxylation sites is 1. The molecule has 0 aliphatic carbocycles. The number of rotatable bonds is 7. The Hall–Kier alpha value is -1.06. The summed E-state index contributed by atoms with van der Waals surface area (Å²) >= 11 is 0. The molecule has 0 aliphatic heterocycles. The molecule has 2 unspecified atom stereocenters. The quantitative estimate of drug-likeness (QED) is 0.808. The molecule has 3 nitrogen and oxygen atoms in total. The second-order valence-corrected chi connectivity index (χ2v) is 4.67. The molecule has 0 spiro atoms. The zero-order chi connectivity index (χ0) is 13.5. The van der Waals surface area contributed by atoms with Crippen molar-refractivity contribution in [2.75, 3.05) is 20.2 Å². The van der Waals surface area contributed by atoms with Gasteiger partial charge in [0.1, 0.15) is 5.75 Å². The maximum Gasteiger partial charge on any atom is 0.123 e. The molecule has 2 atom stereocenters. The Morgan fingerprint density at radius 2 is 1.94 bits per heavy atom. The molecule has 1 aromatic rings. The molecule has 0 aliphatic rings. The van der Waals surface area contributed by atoms with Crippen molar-refractivity contribution in [1.29, 1.82) is 0 Å². The van der Waals surface area contributed by atoms with E-state index in [9.17, 15) is 0 Å². The molecule has 3 heteroatoms. The van der Waals surface area contributed by atoms with Gasteiger partial charge in [0.15, 0.2) is 0 Å². The number of methoxy groups -OCH3 is 1. The van der Waals surface area contributed by atoms with Crippen molar-refractivity contribution in [3.63, 3.8) is 0 Å². The topological polar surface area (TPSA) is 38.5 Å². The van der Waals surface area contributed by atoms with Gasteiger partial charge in [-0.15, -0.1) is 0 Å². The van der Waals surface area contributed by atoms with Crippen LogP contribution in [0.3, 0.4) is 0 Å². The zero-order valence-electron chi connectivity index (χ0n) is 12.0. The number of hydrogen-bond acceptors (Lipinski definition) is 3. The molecule has 0 heterocycles. The number of nitrogens with zero attached hydrogens (tertiary/aromatic N) is 1. The zero-order valence-corrected chi connectivity index (χ0v) is 12.0. The highest BCUT2D eigenvalue weighted by Gasteiger charge is 2.24. The molecule has 102 valence electrons. The van der Waals surface area contributed by atoms with Crippen molar-refractivity contribution in [2.45, 2.75) is 39.3 Å². The van der Waals surface area contributed by atoms with E-state index in [0.717, 1.165) is 25.3 Å². The maximum absolute atomic E-state index is 6.20. The molecule has 1 rings (SSSR count). The fourth-order valence-corrected chi connectivity index (χ4v) is 2.50. The first kappa shape index (κ1) is 15.0. The third kappa shape index (κ3) is 3.47. The lowest BCUT2D eigenvalue weighted by Gasteiger charge is -2.34. The van der Waals surface area contributed by atoms with Gasteiger partial charge < -0.3 is 10.5 Å². The molecule has 0 amide bonds. The van der Waals surface area contributed by atoms with Gasteiger partial charge in [-0.25, -0.2) is 0 Å². The highest BCUT2D eigenvalue weighted by atomic mass is 16.5. The van der Waals surface area contributed by atoms with E-state index in [4.69, 9.17) is 10.5 Å². The van der Waals surface area contributed by atoms with E-state index < -0.39 is 0 Å². The molecule has 18 heavy (non-hydrogen) atoms. The van der Waals surface area contributed by atoms with Crippen LogP contribution in [0.5, 0.6) is 5.75 Å². The van der Waals surface area contributed by atoms with Crippen LogP contribution in [0, 0.1) is 0 Å². The van der Waals surface area contributed by atoms with Crippen LogP contribution < -0.4 is 10.5 Å². The largest absolute Gasteiger partial charge is 0.496 e. The van der Waals surface area contributed by atoms with Crippen LogP contribution in [0.25, 0.3) is 0 Å². The molecule has 0 saturated heterocycles. The molecule has 0 saturated carbocycles. The van der Waals surface area contributed by atoms with Crippen LogP contribution in [0.2, 0.25) is 0 Å². The smallest absolute Gasteiger partial charge is 0.123 e. The summed E-state index contributed by atoms with van der Waals surface area (Å²) in [5, 5.41) is 0. The molecular weight excluding hydrogens is 224 g/mol. The second-order valence-electron chi connectivity index (χ2n) is 4.67. The van der Waals surface area contributed by atoms with Crippen LogP contribution in [-0.2, 0) is 0 Å². The van der Waals surface area contributed by atoms with Crippen molar-refractivity contribution in [3.8, 4) is 5.75 Å². The van der Waals surface area contributed by atoms with E-state index in [1.165, 1.54) is 5.56 Å². The normalized spacial score (nSPS) is 14.6. The van der Waals surface area contributed by atoms with E-state index in [1.807, 2.05) is 18.2 Å². The third-order valence-electron chi connectivity index (χ3n) is 3.27. The molecule has 0 bridgehead atoms. The van der Waals surface area contributed by atoms with Gasteiger partial charge in [0.2, 0.25) is 0 Å². The van der Waals surface area contributed by atoms with Crippen LogP contribution in [0.1, 0.15) is 38.8 Å². The van der Waals surface area contributed by atoms with Crippen molar-refractivity contribution >= 4 is 0 Å². The van der Waals surface area contributed by atoms with Crippen LogP contribution >= 0.6 is 0 Å². The van der Waals surface area contributed by atoms with Gasteiger partial charge in [-0.05, 0) is 32.5 Å². The Morgan fingerprint density at radius 3 is 2.44 bits per heavy atom. The molecular formula is C15H26N2O. The minimum atomic E-state index is 0.0767. The van der Waals surface area contributed by atoms with Gasteiger partial charge in [-0.3, -0.25) is 4.90 Å². The first-order valence-corrected chi connectivity index (χ1v) is 6.78. The summed E-state index contributed by atoms with van der Waals surface area (Å²) in [6.07, 6.45) is 1.13. The summed E-state index contributed by atoms with van der Waals surface area (Å²) < 4.78 is 5.47. The standard InChI is InChI=1S/C15H26N2O/c1-5-11-17(6-2)15(12(3)16)13-9-7-8-10-14(13)18-4/h7-10,12,15H,5-6,11,16H2,1-4H3. The number of hydrogen-bond donors (Lipinski definition) is 1. The van der Waals surface area contributed by atoms with Gasteiger partial charge in [0.25, 0.3) is 0 Å². The lowest BCUT2D eigenvalue weighted by molar-refractivity contribution is 0.182. The first-order chi connectivity index (χ1) is 8.65. The Morgan fingerprint density at radius 1 is 1.28 bits per heavy atom. The predicted molar refractivity (Wildman–Crippen MR) is 76.9 cm³/mol. The molecule has 2 N–H and O–H groups in total. The number of likely N-dealkylation sites (N-methyl/N-ethyl adjacent to an activating group) is 1. The van der Waals surface area contributed by atoms with E-state index in [1.54, 1.807) is 7.11 Å². The monoisotopic (exact) mass is 250 g/mol. The number of benzene rings is 1. The Labute approximate surface area is 111 Å². The van der Waals surface area contributed by atoms with Gasteiger partial charge in [0, 0.05) is 11.6 Å². The summed E-state index contributed by atoms with van der Waals surface area (Å²) in [7, 11) is 1.72. The first-order valence-electron chi connectivity index (χ1n) is 6.78. The minimum Gasteiger partial charge on any atom is -0.496 e. The average molecular weight is 250 g/mol. The van der Waals surface area contributed by atoms with Crippen molar-refractivity contribution in [1.82, 2.24) is 4.90 Å². The third-order valence-corrected chi connectivity index (χ3v) is 3.27. The average Bonchev–Trinajstić information content (AvgIpc) is 2.38. The highest BCUT2D eigenvalue weighted by molar-refractivity contribution is 5.36. The summed E-state index contributed by atoms with van der Waals surface area (Å²) in [4.78, 5) is 2.42. The van der Waals surface area contributed by atoms with Gasteiger partial charge >= 0.3 is 0 Å². The fraction of sp³-hybridized carbons (Fsp3) is 0.600. The van der Waals surface area contributed by atoms with E-state index in [2.05, 4.69) is 31.7 Å². The molecule has 0 aromatic heterocycles. The Kier molecular flexibility index (Phi) is 6.16. The molecule has 0 radical (unpaired) electrons. The van der Waals surface area contributed by atoms with Gasteiger partial charge in [-0.2, -0.15) is 0 Å². The van der Waals surface area contributed by atoms with Crippen LogP contribution in [0.15, 0.2) is 24.3 Å². The predicted octanol–water partition coefficient (Wildman–Crippen LogP) is 2.82. The number of ether oxygens (including phenoxy) is 1.